The van der Waals surface area contributed by atoms with Crippen LogP contribution in [-0.4, -0.2) is 24.7 Å². The zero-order chi connectivity index (χ0) is 34.8. The number of nitrogens with one attached hydrogen (secondary N) is 1. The number of ether oxygens (including phenoxy) is 3. The number of allylic oxidation sites excluding steroid dienone is 1. The highest BCUT2D eigenvalue weighted by Gasteiger charge is 2.33. The van der Waals surface area contributed by atoms with E-state index in [1.165, 1.54) is 11.3 Å². The van der Waals surface area contributed by atoms with Crippen LogP contribution in [0.3, 0.4) is 0 Å². The quantitative estimate of drug-likeness (QED) is 0.156. The molecule has 0 saturated carbocycles. The minimum Gasteiger partial charge on any atom is -0.497 e. The second-order valence-electron chi connectivity index (χ2n) is 11.6. The van der Waals surface area contributed by atoms with Gasteiger partial charge in [-0.1, -0.05) is 84.1 Å². The van der Waals surface area contributed by atoms with E-state index in [2.05, 4.69) is 52.2 Å². The Morgan fingerprint density at radius 3 is 2.50 bits per heavy atom. The number of amides is 1. The molecule has 1 aliphatic heterocycles. The molecule has 250 valence electrons. The Hall–Kier alpha value is -5.20. The Balaban J connectivity index is 1.27. The van der Waals surface area contributed by atoms with Gasteiger partial charge in [0.25, 0.3) is 11.5 Å². The first-order chi connectivity index (χ1) is 24.3. The summed E-state index contributed by atoms with van der Waals surface area (Å²) in [4.78, 5) is 33.5. The largest absolute Gasteiger partial charge is 0.497 e. The summed E-state index contributed by atoms with van der Waals surface area (Å²) in [5, 5.41) is 5.28. The summed E-state index contributed by atoms with van der Waals surface area (Å²) in [6.07, 6.45) is 1.83. The Bertz CT molecular complexity index is 2470. The molecule has 2 heterocycles. The van der Waals surface area contributed by atoms with Gasteiger partial charge >= 0.3 is 0 Å². The van der Waals surface area contributed by atoms with Crippen molar-refractivity contribution in [1.29, 1.82) is 0 Å². The molecule has 0 unspecified atom stereocenters. The zero-order valence-electron chi connectivity index (χ0n) is 27.5. The number of rotatable bonds is 9. The van der Waals surface area contributed by atoms with Crippen LogP contribution >= 0.6 is 33.9 Å². The van der Waals surface area contributed by atoms with Gasteiger partial charge < -0.3 is 19.5 Å². The van der Waals surface area contributed by atoms with Gasteiger partial charge in [0.05, 0.1) is 39.6 Å². The fourth-order valence-corrected chi connectivity index (χ4v) is 7.97. The number of hydrogen-bond acceptors (Lipinski definition) is 7. The molecule has 1 amide bonds. The predicted octanol–water partition coefficient (Wildman–Crippen LogP) is 7.23. The number of thiazole rings is 1. The number of benzene rings is 5. The Kier molecular flexibility index (Phi) is 9.55. The molecule has 1 N–H and O–H groups in total. The molecule has 7 rings (SSSR count). The summed E-state index contributed by atoms with van der Waals surface area (Å²) in [6.45, 7) is 2.17. The van der Waals surface area contributed by atoms with Gasteiger partial charge in [0.1, 0.15) is 12.4 Å². The van der Waals surface area contributed by atoms with Crippen LogP contribution in [-0.2, 0) is 11.4 Å². The molecule has 10 heteroatoms. The topological polar surface area (TPSA) is 91.2 Å². The fourth-order valence-electron chi connectivity index (χ4n) is 6.14. The maximum Gasteiger partial charge on any atom is 0.271 e. The molecular formula is C40H32IN3O5S. The molecule has 1 aromatic heterocycles. The lowest BCUT2D eigenvalue weighted by Gasteiger charge is -2.25. The van der Waals surface area contributed by atoms with Gasteiger partial charge in [0, 0.05) is 5.69 Å². The van der Waals surface area contributed by atoms with Crippen molar-refractivity contribution in [2.75, 3.05) is 19.5 Å². The van der Waals surface area contributed by atoms with Gasteiger partial charge in [-0.2, -0.15) is 0 Å². The number of carbonyl (C=O) groups is 1. The lowest BCUT2D eigenvalue weighted by Crippen LogP contribution is -2.40. The standard InChI is InChI=1S/C40H32IN3O5S/c1-24-35(38(45)43-29-15-5-4-6-16-29)36(27-13-10-17-30(22-27)47-2)44-39(46)34(50-40(44)42-24)21-25-19-32(41)37(33(20-25)48-3)49-23-28-14-9-12-26-11-7-8-18-31(26)28/h4-22,36H,23H2,1-3H3,(H,43,45)/b34-21-/t36-/m1/s1. The van der Waals surface area contributed by atoms with Crippen molar-refractivity contribution in [3.8, 4) is 17.2 Å². The van der Waals surface area contributed by atoms with Gasteiger partial charge in [-0.15, -0.1) is 0 Å². The van der Waals surface area contributed by atoms with Crippen molar-refractivity contribution in [2.24, 2.45) is 4.99 Å². The minimum absolute atomic E-state index is 0.260. The van der Waals surface area contributed by atoms with Crippen molar-refractivity contribution in [2.45, 2.75) is 19.6 Å². The monoisotopic (exact) mass is 793 g/mol. The second kappa shape index (κ2) is 14.3. The summed E-state index contributed by atoms with van der Waals surface area (Å²) in [7, 11) is 3.19. The third kappa shape index (κ3) is 6.56. The SMILES string of the molecule is COc1cccc([C@@H]2C(C(=O)Nc3ccccc3)=C(C)N=c3s/c(=C\c4cc(I)c(OCc5cccc6ccccc56)c(OC)c4)c(=O)n32)c1. The predicted molar refractivity (Wildman–Crippen MR) is 206 cm³/mol. The number of nitrogens with zero attached hydrogens (tertiary/aromatic N) is 2. The summed E-state index contributed by atoms with van der Waals surface area (Å²) in [6, 6.07) is 34.1. The zero-order valence-corrected chi connectivity index (χ0v) is 30.4. The number of halogens is 1. The summed E-state index contributed by atoms with van der Waals surface area (Å²) < 4.78 is 20.5. The second-order valence-corrected chi connectivity index (χ2v) is 13.8. The van der Waals surface area contributed by atoms with Crippen molar-refractivity contribution < 1.29 is 19.0 Å². The Morgan fingerprint density at radius 2 is 1.70 bits per heavy atom. The molecule has 0 bridgehead atoms. The fraction of sp³-hybridized carbons (Fsp3) is 0.125. The van der Waals surface area contributed by atoms with Crippen molar-refractivity contribution >= 4 is 62.4 Å². The maximum absolute atomic E-state index is 14.3. The van der Waals surface area contributed by atoms with Gasteiger partial charge in [0.15, 0.2) is 16.3 Å². The van der Waals surface area contributed by atoms with Gasteiger partial charge in [-0.05, 0) is 99.5 Å². The molecule has 5 aromatic carbocycles. The molecular weight excluding hydrogens is 761 g/mol. The lowest BCUT2D eigenvalue weighted by molar-refractivity contribution is -0.113. The number of carbonyl (C=O) groups excluding carboxylic acids is 1. The van der Waals surface area contributed by atoms with Gasteiger partial charge in [-0.25, -0.2) is 4.99 Å². The van der Waals surface area contributed by atoms with E-state index in [4.69, 9.17) is 19.2 Å². The molecule has 8 nitrogen and oxygen atoms in total. The summed E-state index contributed by atoms with van der Waals surface area (Å²) in [5.74, 6) is 1.47. The molecule has 1 atom stereocenters. The number of methoxy groups -OCH3 is 2. The maximum atomic E-state index is 14.3. The molecule has 0 fully saturated rings. The summed E-state index contributed by atoms with van der Waals surface area (Å²) >= 11 is 3.51. The highest BCUT2D eigenvalue weighted by Crippen LogP contribution is 2.36. The van der Waals surface area contributed by atoms with E-state index in [1.807, 2.05) is 91.0 Å². The van der Waals surface area contributed by atoms with E-state index in [-0.39, 0.29) is 11.5 Å². The van der Waals surface area contributed by atoms with Crippen molar-refractivity contribution in [3.63, 3.8) is 0 Å². The van der Waals surface area contributed by atoms with E-state index < -0.39 is 6.04 Å². The third-order valence-electron chi connectivity index (χ3n) is 8.51. The van der Waals surface area contributed by atoms with Crippen LogP contribution in [0.25, 0.3) is 16.8 Å². The van der Waals surface area contributed by atoms with E-state index in [1.54, 1.807) is 25.7 Å². The van der Waals surface area contributed by atoms with Crippen LogP contribution in [0.2, 0.25) is 0 Å². The average molecular weight is 794 g/mol. The van der Waals surface area contributed by atoms with Gasteiger partial charge in [0.2, 0.25) is 0 Å². The number of hydrogen-bond donors (Lipinski definition) is 1. The highest BCUT2D eigenvalue weighted by atomic mass is 127. The van der Waals surface area contributed by atoms with E-state index in [0.29, 0.717) is 50.1 Å². The van der Waals surface area contributed by atoms with Crippen molar-refractivity contribution in [3.05, 3.63) is 160 Å². The number of para-hydroxylation sites is 1. The highest BCUT2D eigenvalue weighted by molar-refractivity contribution is 14.1. The molecule has 1 aliphatic rings. The lowest BCUT2D eigenvalue weighted by atomic mass is 9.95. The Labute approximate surface area is 306 Å². The average Bonchev–Trinajstić information content (AvgIpc) is 3.43. The van der Waals surface area contributed by atoms with E-state index in [9.17, 15) is 9.59 Å². The first kappa shape index (κ1) is 33.3. The van der Waals surface area contributed by atoms with Crippen LogP contribution in [0.4, 0.5) is 5.69 Å². The molecule has 50 heavy (non-hydrogen) atoms. The molecule has 6 aromatic rings. The normalized spacial score (nSPS) is 14.2. The Morgan fingerprint density at radius 1 is 0.940 bits per heavy atom. The smallest absolute Gasteiger partial charge is 0.271 e. The van der Waals surface area contributed by atoms with Crippen LogP contribution < -0.4 is 34.4 Å². The van der Waals surface area contributed by atoms with Crippen LogP contribution in [0.15, 0.2) is 130 Å². The van der Waals surface area contributed by atoms with Crippen LogP contribution in [0.1, 0.15) is 29.7 Å². The summed E-state index contributed by atoms with van der Waals surface area (Å²) in [5.41, 5.74) is 3.87. The van der Waals surface area contributed by atoms with E-state index >= 15 is 0 Å². The van der Waals surface area contributed by atoms with Crippen LogP contribution in [0.5, 0.6) is 17.2 Å². The molecule has 0 saturated heterocycles. The number of fused-ring (bicyclic) bond motifs is 2. The van der Waals surface area contributed by atoms with Crippen molar-refractivity contribution in [1.82, 2.24) is 4.57 Å². The number of aromatic nitrogens is 1. The van der Waals surface area contributed by atoms with Crippen LogP contribution in [0, 0.1) is 3.57 Å². The molecule has 0 aliphatic carbocycles. The first-order valence-electron chi connectivity index (χ1n) is 15.8. The minimum atomic E-state index is -0.730. The van der Waals surface area contributed by atoms with E-state index in [0.717, 1.165) is 31.0 Å². The molecule has 0 radical (unpaired) electrons. The first-order valence-corrected chi connectivity index (χ1v) is 17.7. The molecule has 0 spiro atoms. The number of anilines is 1. The third-order valence-corrected chi connectivity index (χ3v) is 10.3. The van der Waals surface area contributed by atoms with Gasteiger partial charge in [-0.3, -0.25) is 14.2 Å².